The molecule has 0 unspecified atom stereocenters. The Balaban J connectivity index is 4.43. The number of amides is 2. The molecule has 0 fully saturated rings. The maximum absolute atomic E-state index is 12.4. The van der Waals surface area contributed by atoms with E-state index in [1.807, 2.05) is 0 Å². The summed E-state index contributed by atoms with van der Waals surface area (Å²) < 4.78 is 32.3. The molecule has 0 heterocycles. The molecule has 10 nitrogen and oxygen atoms in total. The minimum absolute atomic E-state index is 0.153. The fourth-order valence-corrected chi connectivity index (χ4v) is 6.11. The molecule has 162 valence electrons. The van der Waals surface area contributed by atoms with Gasteiger partial charge < -0.3 is 42.5 Å². The minimum atomic E-state index is -2.63. The fourth-order valence-electron chi connectivity index (χ4n) is 2.68. The molecule has 0 aromatic heterocycles. The summed E-state index contributed by atoms with van der Waals surface area (Å²) in [7, 11) is 4.21. The number of hydrogen-bond acceptors (Lipinski definition) is 8. The molecule has 0 radical (unpaired) electrons. The van der Waals surface area contributed by atoms with Crippen LogP contribution < -0.4 is 11.1 Å². The van der Waals surface area contributed by atoms with E-state index in [0.29, 0.717) is 51.1 Å². The van der Waals surface area contributed by atoms with Gasteiger partial charge in [0, 0.05) is 80.9 Å². The summed E-state index contributed by atoms with van der Waals surface area (Å²) in [5.74, 6) is 0. The second-order valence-electron chi connectivity index (χ2n) is 5.81. The van der Waals surface area contributed by atoms with Crippen LogP contribution in [0.25, 0.3) is 0 Å². The molecule has 0 rings (SSSR count). The van der Waals surface area contributed by atoms with E-state index in [-0.39, 0.29) is 6.03 Å². The lowest BCUT2D eigenvalue weighted by Gasteiger charge is -2.27. The molecule has 27 heavy (non-hydrogen) atoms. The quantitative estimate of drug-likeness (QED) is 0.270. The van der Waals surface area contributed by atoms with Gasteiger partial charge in [0.25, 0.3) is 0 Å². The van der Waals surface area contributed by atoms with Crippen LogP contribution >= 0.6 is 0 Å². The molecule has 3 N–H and O–H groups in total. The summed E-state index contributed by atoms with van der Waals surface area (Å²) in [5, 5.41) is 2.91. The first-order valence-electron chi connectivity index (χ1n) is 8.95. The van der Waals surface area contributed by atoms with Crippen molar-refractivity contribution >= 4 is 23.6 Å². The highest BCUT2D eigenvalue weighted by atomic mass is 28.4. The number of nitrogens with one attached hydrogen (secondary N) is 1. The minimum Gasteiger partial charge on any atom is -0.377 e. The zero-order chi connectivity index (χ0) is 20.8. The Kier molecular flexibility index (Phi) is 14.1. The predicted molar refractivity (Wildman–Crippen MR) is 106 cm³/mol. The molecule has 0 atom stereocenters. The van der Waals surface area contributed by atoms with Crippen LogP contribution in [0, 0.1) is 0 Å². The van der Waals surface area contributed by atoms with Crippen LogP contribution in [0.1, 0.15) is 12.8 Å². The largest absolute Gasteiger partial charge is 0.500 e. The zero-order valence-corrected chi connectivity index (χ0v) is 19.5. The summed E-state index contributed by atoms with van der Waals surface area (Å²) in [4.78, 5) is 14.1. The molecule has 0 aromatic rings. The molecule has 0 aliphatic heterocycles. The van der Waals surface area contributed by atoms with Crippen molar-refractivity contribution in [2.45, 2.75) is 24.9 Å². The maximum atomic E-state index is 12.4. The Morgan fingerprint density at radius 1 is 0.815 bits per heavy atom. The lowest BCUT2D eigenvalue weighted by atomic mass is 10.4. The smallest absolute Gasteiger partial charge is 0.377 e. The summed E-state index contributed by atoms with van der Waals surface area (Å²) in [6.45, 7) is 1.90. The number of nitrogens with two attached hydrogens (primary N) is 1. The normalized spacial score (nSPS) is 12.3. The van der Waals surface area contributed by atoms with Crippen molar-refractivity contribution in [2.75, 3.05) is 68.8 Å². The van der Waals surface area contributed by atoms with Gasteiger partial charge in [-0.2, -0.15) is 0 Å². The van der Waals surface area contributed by atoms with Gasteiger partial charge in [0.1, 0.15) is 0 Å². The van der Waals surface area contributed by atoms with Crippen LogP contribution in [-0.2, 0) is 26.6 Å². The lowest BCUT2D eigenvalue weighted by Crippen LogP contribution is -2.46. The molecule has 0 saturated carbocycles. The standard InChI is InChI=1S/C15H37N3O7Si2/c1-20-26(21-2,22-3)13-7-10-17-15(19)18(12-9-16)11-8-14-27(23-4,24-5)25-6/h7-14,16H2,1-6H3,(H,17,19). The van der Waals surface area contributed by atoms with E-state index in [0.717, 1.165) is 0 Å². The summed E-state index contributed by atoms with van der Waals surface area (Å²) in [6, 6.07) is 1.09. The Hall–Kier alpha value is -0.576. The van der Waals surface area contributed by atoms with Gasteiger partial charge in [-0.25, -0.2) is 4.79 Å². The van der Waals surface area contributed by atoms with Gasteiger partial charge in [0.05, 0.1) is 0 Å². The van der Waals surface area contributed by atoms with Crippen molar-refractivity contribution in [1.29, 1.82) is 0 Å². The van der Waals surface area contributed by atoms with Gasteiger partial charge in [0.2, 0.25) is 0 Å². The first-order valence-corrected chi connectivity index (χ1v) is 12.8. The summed E-state index contributed by atoms with van der Waals surface area (Å²) in [5.41, 5.74) is 5.64. The average molecular weight is 428 g/mol. The van der Waals surface area contributed by atoms with E-state index in [9.17, 15) is 4.79 Å². The predicted octanol–water partition coefficient (Wildman–Crippen LogP) is 0.493. The van der Waals surface area contributed by atoms with Gasteiger partial charge >= 0.3 is 23.6 Å². The third-order valence-electron chi connectivity index (χ3n) is 4.40. The van der Waals surface area contributed by atoms with E-state index < -0.39 is 17.6 Å². The van der Waals surface area contributed by atoms with E-state index in [4.69, 9.17) is 32.3 Å². The number of carbonyl (C=O) groups is 1. The highest BCUT2D eigenvalue weighted by molar-refractivity contribution is 6.60. The molecule has 0 saturated heterocycles. The van der Waals surface area contributed by atoms with E-state index in [1.165, 1.54) is 0 Å². The Morgan fingerprint density at radius 2 is 1.26 bits per heavy atom. The van der Waals surface area contributed by atoms with Gasteiger partial charge in [-0.15, -0.1) is 0 Å². The molecule has 0 aliphatic rings. The third kappa shape index (κ3) is 8.98. The van der Waals surface area contributed by atoms with Crippen LogP contribution in [0.15, 0.2) is 0 Å². The monoisotopic (exact) mass is 427 g/mol. The summed E-state index contributed by atoms with van der Waals surface area (Å²) in [6.07, 6.45) is 1.39. The number of carbonyl (C=O) groups excluding carboxylic acids is 1. The Labute approximate surface area is 165 Å². The van der Waals surface area contributed by atoms with Gasteiger partial charge in [-0.1, -0.05) is 0 Å². The average Bonchev–Trinajstić information content (AvgIpc) is 2.71. The van der Waals surface area contributed by atoms with Gasteiger partial charge in [0.15, 0.2) is 0 Å². The van der Waals surface area contributed by atoms with E-state index in [2.05, 4.69) is 5.32 Å². The van der Waals surface area contributed by atoms with Gasteiger partial charge in [-0.05, 0) is 12.8 Å². The van der Waals surface area contributed by atoms with Crippen molar-refractivity contribution in [3.8, 4) is 0 Å². The van der Waals surface area contributed by atoms with Crippen molar-refractivity contribution < 1.29 is 31.4 Å². The zero-order valence-electron chi connectivity index (χ0n) is 17.5. The van der Waals surface area contributed by atoms with Crippen LogP contribution in [0.5, 0.6) is 0 Å². The van der Waals surface area contributed by atoms with Crippen LogP contribution in [0.4, 0.5) is 4.79 Å². The second-order valence-corrected chi connectivity index (χ2v) is 12.0. The lowest BCUT2D eigenvalue weighted by molar-refractivity contribution is 0.121. The number of nitrogens with zero attached hydrogens (tertiary/aromatic N) is 1. The molecule has 0 aromatic carbocycles. The van der Waals surface area contributed by atoms with Crippen molar-refractivity contribution in [2.24, 2.45) is 5.73 Å². The maximum Gasteiger partial charge on any atom is 0.500 e. The Morgan fingerprint density at radius 3 is 1.67 bits per heavy atom. The van der Waals surface area contributed by atoms with Crippen LogP contribution in [0.3, 0.4) is 0 Å². The van der Waals surface area contributed by atoms with E-state index in [1.54, 1.807) is 47.6 Å². The first-order chi connectivity index (χ1) is 12.9. The Bertz CT molecular complexity index is 383. The molecule has 12 heteroatoms. The van der Waals surface area contributed by atoms with Gasteiger partial charge in [-0.3, -0.25) is 0 Å². The van der Waals surface area contributed by atoms with Crippen molar-refractivity contribution in [3.63, 3.8) is 0 Å². The topological polar surface area (TPSA) is 114 Å². The second kappa shape index (κ2) is 14.4. The van der Waals surface area contributed by atoms with Crippen LogP contribution in [-0.4, -0.2) is 97.4 Å². The first kappa shape index (κ1) is 26.4. The SMILES string of the molecule is CO[Si](CCCNC(=O)N(CCN)CCC[Si](OC)(OC)OC)(OC)OC. The highest BCUT2D eigenvalue weighted by Gasteiger charge is 2.38. The molecule has 2 amide bonds. The van der Waals surface area contributed by atoms with Crippen LogP contribution in [0.2, 0.25) is 12.1 Å². The number of urea groups is 1. The molecule has 0 bridgehead atoms. The van der Waals surface area contributed by atoms with E-state index >= 15 is 0 Å². The molecule has 0 spiro atoms. The third-order valence-corrected chi connectivity index (χ3v) is 10.1. The highest BCUT2D eigenvalue weighted by Crippen LogP contribution is 2.16. The molecular formula is C15H37N3O7Si2. The van der Waals surface area contributed by atoms with Crippen molar-refractivity contribution in [3.05, 3.63) is 0 Å². The molecule has 0 aliphatic carbocycles. The fraction of sp³-hybridized carbons (Fsp3) is 0.933. The number of hydrogen-bond donors (Lipinski definition) is 2. The summed E-state index contributed by atoms with van der Waals surface area (Å²) >= 11 is 0. The number of rotatable bonds is 16. The molecular weight excluding hydrogens is 390 g/mol. The van der Waals surface area contributed by atoms with Crippen molar-refractivity contribution in [1.82, 2.24) is 10.2 Å².